The number of benzene rings is 1. The van der Waals surface area contributed by atoms with Gasteiger partial charge in [0.1, 0.15) is 10.4 Å². The first-order chi connectivity index (χ1) is 10.9. The summed E-state index contributed by atoms with van der Waals surface area (Å²) in [5.74, 6) is -1.47. The Labute approximate surface area is 142 Å². The summed E-state index contributed by atoms with van der Waals surface area (Å²) in [6.45, 7) is 2.21. The number of thiazole rings is 1. The Morgan fingerprint density at radius 2 is 2.00 bits per heavy atom. The van der Waals surface area contributed by atoms with Crippen molar-refractivity contribution in [2.45, 2.75) is 26.3 Å². The molecular formula is C16H15ClN2O3S. The van der Waals surface area contributed by atoms with E-state index in [9.17, 15) is 9.59 Å². The molecule has 1 aromatic carbocycles. The monoisotopic (exact) mass is 350 g/mol. The van der Waals surface area contributed by atoms with Crippen LogP contribution in [0.5, 0.6) is 0 Å². The Kier molecular flexibility index (Phi) is 4.12. The van der Waals surface area contributed by atoms with Crippen molar-refractivity contribution in [2.75, 3.05) is 0 Å². The molecule has 2 aromatic rings. The molecule has 0 aliphatic heterocycles. The van der Waals surface area contributed by atoms with E-state index in [-0.39, 0.29) is 6.54 Å². The van der Waals surface area contributed by atoms with Gasteiger partial charge in [0.05, 0.1) is 12.2 Å². The molecule has 1 saturated carbocycles. The number of aromatic nitrogens is 1. The topological polar surface area (TPSA) is 79.3 Å². The van der Waals surface area contributed by atoms with Crippen LogP contribution in [0, 0.1) is 12.3 Å². The predicted molar refractivity (Wildman–Crippen MR) is 88.4 cm³/mol. The second-order valence-electron chi connectivity index (χ2n) is 5.59. The Bertz CT molecular complexity index is 766. The van der Waals surface area contributed by atoms with Crippen LogP contribution in [0.4, 0.5) is 0 Å². The number of aryl methyl sites for hydroxylation is 1. The molecule has 120 valence electrons. The minimum absolute atomic E-state index is 0.243. The van der Waals surface area contributed by atoms with Crippen molar-refractivity contribution in [3.8, 4) is 11.3 Å². The van der Waals surface area contributed by atoms with Gasteiger partial charge >= 0.3 is 5.97 Å². The number of halogens is 1. The lowest BCUT2D eigenvalue weighted by molar-refractivity contribution is -0.149. The Hall–Kier alpha value is -1.92. The number of nitrogens with zero attached hydrogens (tertiary/aromatic N) is 1. The summed E-state index contributed by atoms with van der Waals surface area (Å²) in [6, 6.07) is 7.41. The smallest absolute Gasteiger partial charge is 0.319 e. The zero-order valence-corrected chi connectivity index (χ0v) is 14.0. The van der Waals surface area contributed by atoms with Gasteiger partial charge in [-0.1, -0.05) is 23.7 Å². The van der Waals surface area contributed by atoms with Crippen molar-refractivity contribution in [1.82, 2.24) is 10.3 Å². The van der Waals surface area contributed by atoms with Gasteiger partial charge in [0.25, 0.3) is 0 Å². The molecule has 7 heteroatoms. The first-order valence-corrected chi connectivity index (χ1v) is 8.36. The summed E-state index contributed by atoms with van der Waals surface area (Å²) in [5, 5.41) is 13.2. The number of amides is 1. The molecule has 0 bridgehead atoms. The lowest BCUT2D eigenvalue weighted by Gasteiger charge is -2.09. The van der Waals surface area contributed by atoms with Crippen molar-refractivity contribution in [2.24, 2.45) is 5.41 Å². The van der Waals surface area contributed by atoms with Crippen molar-refractivity contribution in [1.29, 1.82) is 0 Å². The lowest BCUT2D eigenvalue weighted by atomic mass is 10.1. The second kappa shape index (κ2) is 5.94. The predicted octanol–water partition coefficient (Wildman–Crippen LogP) is 3.25. The van der Waals surface area contributed by atoms with Gasteiger partial charge < -0.3 is 10.4 Å². The molecule has 1 aliphatic carbocycles. The van der Waals surface area contributed by atoms with E-state index in [1.54, 1.807) is 12.1 Å². The first kappa shape index (κ1) is 16.0. The minimum atomic E-state index is -1.22. The van der Waals surface area contributed by atoms with Crippen LogP contribution in [-0.2, 0) is 16.1 Å². The number of nitrogens with one attached hydrogen (secondary N) is 1. The van der Waals surface area contributed by atoms with Gasteiger partial charge in [-0.15, -0.1) is 11.3 Å². The van der Waals surface area contributed by atoms with E-state index in [1.165, 1.54) is 11.3 Å². The van der Waals surface area contributed by atoms with Gasteiger partial charge in [0.2, 0.25) is 5.91 Å². The molecule has 0 saturated heterocycles. The number of carbonyl (C=O) groups excluding carboxylic acids is 1. The number of hydrogen-bond donors (Lipinski definition) is 2. The average Bonchev–Trinajstić information content (AvgIpc) is 3.25. The van der Waals surface area contributed by atoms with E-state index in [1.807, 2.05) is 19.1 Å². The molecule has 0 spiro atoms. The number of carboxylic acid groups (broad SMARTS) is 1. The molecule has 0 radical (unpaired) electrons. The van der Waals surface area contributed by atoms with Crippen LogP contribution in [0.1, 0.15) is 22.7 Å². The van der Waals surface area contributed by atoms with Crippen LogP contribution in [0.15, 0.2) is 24.3 Å². The standard InChI is InChI=1S/C16H15ClN2O3S/c1-9-13(10-2-4-11(17)5-3-10)19-12(23-9)8-18-14(20)16(6-7-16)15(21)22/h2-5H,6-8H2,1H3,(H,18,20)(H,21,22). The van der Waals surface area contributed by atoms with Crippen molar-refractivity contribution in [3.63, 3.8) is 0 Å². The molecule has 0 unspecified atom stereocenters. The van der Waals surface area contributed by atoms with Crippen LogP contribution in [0.2, 0.25) is 5.02 Å². The first-order valence-electron chi connectivity index (χ1n) is 7.16. The molecule has 1 aromatic heterocycles. The van der Waals surface area contributed by atoms with Gasteiger partial charge in [-0.3, -0.25) is 9.59 Å². The van der Waals surface area contributed by atoms with Gasteiger partial charge in [0.15, 0.2) is 0 Å². The molecule has 1 heterocycles. The summed E-state index contributed by atoms with van der Waals surface area (Å²) < 4.78 is 0. The molecule has 23 heavy (non-hydrogen) atoms. The molecule has 0 atom stereocenters. The van der Waals surface area contributed by atoms with E-state index in [2.05, 4.69) is 10.3 Å². The van der Waals surface area contributed by atoms with Crippen LogP contribution in [0.3, 0.4) is 0 Å². The zero-order chi connectivity index (χ0) is 16.6. The minimum Gasteiger partial charge on any atom is -0.480 e. The van der Waals surface area contributed by atoms with E-state index in [0.717, 1.165) is 21.1 Å². The van der Waals surface area contributed by atoms with E-state index in [0.29, 0.717) is 17.9 Å². The van der Waals surface area contributed by atoms with E-state index >= 15 is 0 Å². The Balaban J connectivity index is 1.70. The third-order valence-corrected chi connectivity index (χ3v) is 5.18. The molecule has 1 aliphatic rings. The number of hydrogen-bond acceptors (Lipinski definition) is 4. The maximum Gasteiger partial charge on any atom is 0.319 e. The fraction of sp³-hybridized carbons (Fsp3) is 0.312. The highest BCUT2D eigenvalue weighted by Crippen LogP contribution is 2.46. The fourth-order valence-corrected chi connectivity index (χ4v) is 3.41. The van der Waals surface area contributed by atoms with Gasteiger partial charge in [-0.2, -0.15) is 0 Å². The van der Waals surface area contributed by atoms with Crippen LogP contribution < -0.4 is 5.32 Å². The van der Waals surface area contributed by atoms with Crippen LogP contribution >= 0.6 is 22.9 Å². The summed E-state index contributed by atoms with van der Waals surface area (Å²) in [5.41, 5.74) is 0.603. The van der Waals surface area contributed by atoms with Gasteiger partial charge in [-0.05, 0) is 31.9 Å². The summed E-state index contributed by atoms with van der Waals surface area (Å²) in [7, 11) is 0. The van der Waals surface area contributed by atoms with Gasteiger partial charge in [-0.25, -0.2) is 4.98 Å². The highest BCUT2D eigenvalue weighted by atomic mass is 35.5. The lowest BCUT2D eigenvalue weighted by Crippen LogP contribution is -2.36. The molecular weight excluding hydrogens is 336 g/mol. The molecule has 5 nitrogen and oxygen atoms in total. The Morgan fingerprint density at radius 3 is 2.57 bits per heavy atom. The van der Waals surface area contributed by atoms with Crippen molar-refractivity contribution < 1.29 is 14.7 Å². The molecule has 1 amide bonds. The SMILES string of the molecule is Cc1sc(CNC(=O)C2(C(=O)O)CC2)nc1-c1ccc(Cl)cc1. The highest BCUT2D eigenvalue weighted by Gasteiger charge is 2.56. The fourth-order valence-electron chi connectivity index (χ4n) is 2.39. The van der Waals surface area contributed by atoms with E-state index < -0.39 is 17.3 Å². The third kappa shape index (κ3) is 3.09. The largest absolute Gasteiger partial charge is 0.480 e. The quantitative estimate of drug-likeness (QED) is 0.811. The maximum absolute atomic E-state index is 12.0. The van der Waals surface area contributed by atoms with Crippen molar-refractivity contribution in [3.05, 3.63) is 39.2 Å². The molecule has 2 N–H and O–H groups in total. The Morgan fingerprint density at radius 1 is 1.35 bits per heavy atom. The number of carboxylic acids is 1. The zero-order valence-electron chi connectivity index (χ0n) is 12.4. The number of aliphatic carboxylic acids is 1. The normalized spacial score (nSPS) is 15.2. The number of carbonyl (C=O) groups is 2. The third-order valence-electron chi connectivity index (χ3n) is 3.95. The van der Waals surface area contributed by atoms with Crippen molar-refractivity contribution >= 4 is 34.8 Å². The van der Waals surface area contributed by atoms with Gasteiger partial charge in [0, 0.05) is 15.5 Å². The maximum atomic E-state index is 12.0. The highest BCUT2D eigenvalue weighted by molar-refractivity contribution is 7.12. The summed E-state index contributed by atoms with van der Waals surface area (Å²) in [6.07, 6.45) is 0.808. The van der Waals surface area contributed by atoms with Crippen LogP contribution in [0.25, 0.3) is 11.3 Å². The number of rotatable bonds is 5. The molecule has 3 rings (SSSR count). The van der Waals surface area contributed by atoms with Crippen LogP contribution in [-0.4, -0.2) is 22.0 Å². The summed E-state index contributed by atoms with van der Waals surface area (Å²) in [4.78, 5) is 28.7. The molecule has 1 fully saturated rings. The van der Waals surface area contributed by atoms with E-state index in [4.69, 9.17) is 16.7 Å². The second-order valence-corrected chi connectivity index (χ2v) is 7.31. The summed E-state index contributed by atoms with van der Waals surface area (Å²) >= 11 is 7.38. The average molecular weight is 351 g/mol.